The lowest BCUT2D eigenvalue weighted by Crippen LogP contribution is -2.59. The van der Waals surface area contributed by atoms with Crippen molar-refractivity contribution in [2.24, 2.45) is 23.5 Å². The summed E-state index contributed by atoms with van der Waals surface area (Å²) in [6.45, 7) is 2.58. The molecule has 4 unspecified atom stereocenters. The Morgan fingerprint density at radius 2 is 1.97 bits per heavy atom. The molecule has 1 aromatic rings. The highest BCUT2D eigenvalue weighted by atomic mass is 16.7. The Balaban J connectivity index is 1.56. The second-order valence-corrected chi connectivity index (χ2v) is 8.72. The molecular formula is C21H31N3O5. The van der Waals surface area contributed by atoms with Crippen LogP contribution in [0.1, 0.15) is 48.2 Å². The zero-order valence-corrected chi connectivity index (χ0v) is 16.9. The van der Waals surface area contributed by atoms with Gasteiger partial charge in [-0.3, -0.25) is 9.78 Å². The lowest BCUT2D eigenvalue weighted by molar-refractivity contribution is -0.246. The summed E-state index contributed by atoms with van der Waals surface area (Å²) in [5.74, 6) is 0.250. The third kappa shape index (κ3) is 3.92. The van der Waals surface area contributed by atoms with Crippen molar-refractivity contribution in [3.05, 3.63) is 29.6 Å². The Morgan fingerprint density at radius 3 is 2.55 bits per heavy atom. The van der Waals surface area contributed by atoms with E-state index < -0.39 is 24.1 Å². The van der Waals surface area contributed by atoms with Crippen LogP contribution in [-0.2, 0) is 15.1 Å². The van der Waals surface area contributed by atoms with Crippen LogP contribution in [0.4, 0.5) is 0 Å². The van der Waals surface area contributed by atoms with E-state index in [2.05, 4.69) is 9.88 Å². The normalized spacial score (nSPS) is 38.0. The molecule has 3 heterocycles. The number of ether oxygens (including phenoxy) is 2. The number of fused-ring (bicyclic) bond motifs is 2. The number of carbonyl (C=O) groups excluding carboxylic acids is 1. The summed E-state index contributed by atoms with van der Waals surface area (Å²) in [7, 11) is 1.76. The van der Waals surface area contributed by atoms with Crippen molar-refractivity contribution in [1.82, 2.24) is 9.88 Å². The molecule has 2 aliphatic heterocycles. The second-order valence-electron chi connectivity index (χ2n) is 8.72. The van der Waals surface area contributed by atoms with Gasteiger partial charge in [0.15, 0.2) is 12.6 Å². The molecule has 0 spiro atoms. The molecule has 1 aromatic heterocycles. The number of rotatable bonds is 5. The molecule has 4 rings (SSSR count). The van der Waals surface area contributed by atoms with E-state index in [0.29, 0.717) is 12.8 Å². The van der Waals surface area contributed by atoms with Gasteiger partial charge in [0.2, 0.25) is 0 Å². The van der Waals surface area contributed by atoms with Crippen LogP contribution in [0.25, 0.3) is 0 Å². The van der Waals surface area contributed by atoms with Crippen molar-refractivity contribution < 1.29 is 24.5 Å². The van der Waals surface area contributed by atoms with Crippen LogP contribution in [0.15, 0.2) is 18.3 Å². The summed E-state index contributed by atoms with van der Waals surface area (Å²) in [4.78, 5) is 18.2. The maximum atomic E-state index is 11.7. The molecule has 0 radical (unpaired) electrons. The maximum absolute atomic E-state index is 11.7. The summed E-state index contributed by atoms with van der Waals surface area (Å²) in [6.07, 6.45) is 4.21. The number of piperidine rings is 1. The minimum absolute atomic E-state index is 0.201. The summed E-state index contributed by atoms with van der Waals surface area (Å²) < 4.78 is 11.3. The molecule has 2 bridgehead atoms. The van der Waals surface area contributed by atoms with Gasteiger partial charge in [-0.2, -0.15) is 0 Å². The number of nitrogens with zero attached hydrogens (tertiary/aromatic N) is 2. The zero-order valence-electron chi connectivity index (χ0n) is 16.9. The van der Waals surface area contributed by atoms with Crippen molar-refractivity contribution in [2.45, 2.75) is 50.3 Å². The highest BCUT2D eigenvalue weighted by molar-refractivity contribution is 5.90. The Hall–Kier alpha value is -1.58. The van der Waals surface area contributed by atoms with Crippen molar-refractivity contribution in [1.29, 1.82) is 0 Å². The number of likely N-dealkylation sites (tertiary alicyclic amines) is 1. The van der Waals surface area contributed by atoms with Gasteiger partial charge in [0.05, 0.1) is 0 Å². The molecule has 3 fully saturated rings. The Kier molecular flexibility index (Phi) is 5.90. The van der Waals surface area contributed by atoms with Crippen LogP contribution >= 0.6 is 0 Å². The van der Waals surface area contributed by atoms with Gasteiger partial charge in [0, 0.05) is 57.6 Å². The average Bonchev–Trinajstić information content (AvgIpc) is 2.66. The van der Waals surface area contributed by atoms with Crippen LogP contribution in [0, 0.1) is 17.8 Å². The summed E-state index contributed by atoms with van der Waals surface area (Å²) in [6, 6.07) is 3.74. The molecule has 160 valence electrons. The smallest absolute Gasteiger partial charge is 0.267 e. The molecule has 4 atom stereocenters. The Bertz CT molecular complexity index is 721. The first-order chi connectivity index (χ1) is 13.9. The van der Waals surface area contributed by atoms with Crippen LogP contribution in [-0.4, -0.2) is 65.3 Å². The van der Waals surface area contributed by atoms with E-state index in [1.807, 2.05) is 6.07 Å². The quantitative estimate of drug-likeness (QED) is 0.664. The summed E-state index contributed by atoms with van der Waals surface area (Å²) >= 11 is 0. The van der Waals surface area contributed by atoms with E-state index in [9.17, 15) is 15.0 Å². The number of amides is 1. The highest BCUT2D eigenvalue weighted by Crippen LogP contribution is 2.51. The fourth-order valence-corrected chi connectivity index (χ4v) is 5.88. The van der Waals surface area contributed by atoms with E-state index in [0.717, 1.165) is 44.5 Å². The van der Waals surface area contributed by atoms with Crippen molar-refractivity contribution >= 4 is 5.91 Å². The molecule has 4 N–H and O–H groups in total. The van der Waals surface area contributed by atoms with Gasteiger partial charge in [-0.25, -0.2) is 0 Å². The first-order valence-electron chi connectivity index (χ1n) is 10.5. The van der Waals surface area contributed by atoms with Gasteiger partial charge in [0.25, 0.3) is 5.91 Å². The number of carbonyl (C=O) groups is 1. The number of methoxy groups -OCH3 is 1. The number of pyridine rings is 1. The molecule has 8 nitrogen and oxygen atoms in total. The van der Waals surface area contributed by atoms with Gasteiger partial charge < -0.3 is 30.3 Å². The standard InChI is InChI=1S/C21H31N3O5/c1-28-21(14-5-6-23-17(9-14)20(22)27)15-3-2-4-16(21)12-24(11-15)10-13-7-18(25)29-19(26)8-13/h5-6,9,13,15-16,18-19,25-26H,2-4,7-8,10-12H2,1H3,(H2,22,27). The van der Waals surface area contributed by atoms with E-state index >= 15 is 0 Å². The SMILES string of the molecule is COC1(c2ccnc(C(N)=O)c2)C2CCCC1CN(CC1CC(O)OC(O)C1)C2. The van der Waals surface area contributed by atoms with Crippen molar-refractivity contribution in [2.75, 3.05) is 26.7 Å². The van der Waals surface area contributed by atoms with Crippen molar-refractivity contribution in [3.63, 3.8) is 0 Å². The minimum Gasteiger partial charge on any atom is -0.373 e. The molecule has 1 aliphatic carbocycles. The largest absolute Gasteiger partial charge is 0.373 e. The molecule has 3 aliphatic rings. The third-order valence-corrected chi connectivity index (χ3v) is 6.98. The monoisotopic (exact) mass is 405 g/mol. The zero-order chi connectivity index (χ0) is 20.6. The number of aromatic nitrogens is 1. The third-order valence-electron chi connectivity index (χ3n) is 6.98. The first-order valence-corrected chi connectivity index (χ1v) is 10.5. The summed E-state index contributed by atoms with van der Waals surface area (Å²) in [5, 5.41) is 19.6. The number of hydrogen-bond acceptors (Lipinski definition) is 7. The average molecular weight is 405 g/mol. The predicted molar refractivity (Wildman–Crippen MR) is 105 cm³/mol. The lowest BCUT2D eigenvalue weighted by Gasteiger charge is -2.56. The van der Waals surface area contributed by atoms with Gasteiger partial charge in [0.1, 0.15) is 11.3 Å². The second kappa shape index (κ2) is 8.28. The van der Waals surface area contributed by atoms with E-state index in [1.54, 1.807) is 19.4 Å². The van der Waals surface area contributed by atoms with E-state index in [-0.39, 0.29) is 23.4 Å². The highest BCUT2D eigenvalue weighted by Gasteiger charge is 2.53. The van der Waals surface area contributed by atoms with Crippen molar-refractivity contribution in [3.8, 4) is 0 Å². The molecule has 8 heteroatoms. The predicted octanol–water partition coefficient (Wildman–Crippen LogP) is 0.817. The molecule has 29 heavy (non-hydrogen) atoms. The molecule has 1 amide bonds. The number of nitrogens with two attached hydrogens (primary N) is 1. The molecule has 1 saturated carbocycles. The fraction of sp³-hybridized carbons (Fsp3) is 0.714. The molecule has 0 aromatic carbocycles. The van der Waals surface area contributed by atoms with E-state index in [4.69, 9.17) is 15.2 Å². The van der Waals surface area contributed by atoms with Gasteiger partial charge >= 0.3 is 0 Å². The van der Waals surface area contributed by atoms with Crippen LogP contribution in [0.3, 0.4) is 0 Å². The Labute approximate surface area is 171 Å². The fourth-order valence-electron chi connectivity index (χ4n) is 5.88. The van der Waals surface area contributed by atoms with Crippen LogP contribution in [0.5, 0.6) is 0 Å². The number of aliphatic hydroxyl groups excluding tert-OH is 2. The Morgan fingerprint density at radius 1 is 1.31 bits per heavy atom. The molecular weight excluding hydrogens is 374 g/mol. The van der Waals surface area contributed by atoms with E-state index in [1.165, 1.54) is 0 Å². The van der Waals surface area contributed by atoms with Gasteiger partial charge in [-0.05, 0) is 36.5 Å². The van der Waals surface area contributed by atoms with Gasteiger partial charge in [-0.15, -0.1) is 0 Å². The minimum atomic E-state index is -0.893. The number of hydrogen-bond donors (Lipinski definition) is 3. The first kappa shape index (κ1) is 20.7. The van der Waals surface area contributed by atoms with Crippen LogP contribution < -0.4 is 5.73 Å². The maximum Gasteiger partial charge on any atom is 0.267 e. The number of primary amides is 1. The topological polar surface area (TPSA) is 118 Å². The van der Waals surface area contributed by atoms with Gasteiger partial charge in [-0.1, -0.05) is 6.42 Å². The number of aliphatic hydroxyl groups is 2. The lowest BCUT2D eigenvalue weighted by atomic mass is 9.62. The summed E-state index contributed by atoms with van der Waals surface area (Å²) in [5.41, 5.74) is 6.26. The van der Waals surface area contributed by atoms with Crippen LogP contribution in [0.2, 0.25) is 0 Å². The molecule has 2 saturated heterocycles.